The van der Waals surface area contributed by atoms with Gasteiger partial charge in [0.1, 0.15) is 11.9 Å². The molecule has 2 rings (SSSR count). The van der Waals surface area contributed by atoms with Crippen LogP contribution in [0.5, 0.6) is 0 Å². The van der Waals surface area contributed by atoms with Gasteiger partial charge < -0.3 is 16.4 Å². The molecule has 1 aliphatic rings. The molecule has 6 heteroatoms. The number of primary amides is 1. The maximum Gasteiger partial charge on any atom is 0.240 e. The third-order valence-electron chi connectivity index (χ3n) is 2.55. The molecule has 1 atom stereocenters. The van der Waals surface area contributed by atoms with Crippen molar-refractivity contribution in [3.05, 3.63) is 12.1 Å². The summed E-state index contributed by atoms with van der Waals surface area (Å²) in [5, 5.41) is 7.69. The fourth-order valence-corrected chi connectivity index (χ4v) is 1.83. The van der Waals surface area contributed by atoms with E-state index in [9.17, 15) is 4.79 Å². The van der Waals surface area contributed by atoms with E-state index in [1.807, 2.05) is 4.90 Å². The predicted molar refractivity (Wildman–Crippen MR) is 56.0 cm³/mol. The lowest BCUT2D eigenvalue weighted by atomic mass is 10.2. The van der Waals surface area contributed by atoms with E-state index >= 15 is 0 Å². The van der Waals surface area contributed by atoms with E-state index < -0.39 is 0 Å². The van der Waals surface area contributed by atoms with Gasteiger partial charge >= 0.3 is 0 Å². The highest BCUT2D eigenvalue weighted by molar-refractivity contribution is 5.83. The monoisotopic (exact) mass is 207 g/mol. The van der Waals surface area contributed by atoms with Crippen LogP contribution in [0.3, 0.4) is 0 Å². The summed E-state index contributed by atoms with van der Waals surface area (Å²) in [5.74, 6) is 0.713. The molecule has 1 aliphatic heterocycles. The van der Waals surface area contributed by atoms with E-state index in [0.717, 1.165) is 19.4 Å². The van der Waals surface area contributed by atoms with Crippen LogP contribution in [0.25, 0.3) is 0 Å². The van der Waals surface area contributed by atoms with Gasteiger partial charge in [0.05, 0.1) is 0 Å². The van der Waals surface area contributed by atoms with Crippen molar-refractivity contribution in [2.45, 2.75) is 18.9 Å². The van der Waals surface area contributed by atoms with Crippen LogP contribution >= 0.6 is 0 Å². The van der Waals surface area contributed by atoms with Gasteiger partial charge in [-0.2, -0.15) is 0 Å². The van der Waals surface area contributed by atoms with Gasteiger partial charge in [-0.15, -0.1) is 10.2 Å². The Morgan fingerprint density at radius 3 is 2.87 bits per heavy atom. The van der Waals surface area contributed by atoms with Gasteiger partial charge in [-0.05, 0) is 25.0 Å². The zero-order chi connectivity index (χ0) is 10.8. The van der Waals surface area contributed by atoms with Crippen LogP contribution < -0.4 is 16.4 Å². The lowest BCUT2D eigenvalue weighted by Gasteiger charge is -2.22. The number of aromatic nitrogens is 2. The van der Waals surface area contributed by atoms with E-state index in [1.165, 1.54) is 0 Å². The van der Waals surface area contributed by atoms with E-state index in [-0.39, 0.29) is 11.9 Å². The summed E-state index contributed by atoms with van der Waals surface area (Å²) in [5.41, 5.74) is 10.7. The Kier molecular flexibility index (Phi) is 2.40. The van der Waals surface area contributed by atoms with Gasteiger partial charge in [0.2, 0.25) is 5.91 Å². The lowest BCUT2D eigenvalue weighted by Crippen LogP contribution is -2.40. The number of carbonyl (C=O) groups excluding carboxylic acids is 1. The molecule has 1 aromatic heterocycles. The standard InChI is InChI=1S/C9H13N5O/c10-7-3-4-8(13-12-7)14-5-1-2-6(14)9(11)15/h3-4,6H,1-2,5H2,(H2,10,12)(H2,11,15). The first kappa shape index (κ1) is 9.70. The van der Waals surface area contributed by atoms with Crippen LogP contribution in [-0.2, 0) is 4.79 Å². The maximum absolute atomic E-state index is 11.2. The summed E-state index contributed by atoms with van der Waals surface area (Å²) in [4.78, 5) is 13.0. The van der Waals surface area contributed by atoms with Gasteiger partial charge in [-0.3, -0.25) is 4.79 Å². The van der Waals surface area contributed by atoms with Crippen LogP contribution in [0.2, 0.25) is 0 Å². The van der Waals surface area contributed by atoms with Crippen molar-refractivity contribution in [3.8, 4) is 0 Å². The smallest absolute Gasteiger partial charge is 0.240 e. The minimum Gasteiger partial charge on any atom is -0.382 e. The molecule has 1 unspecified atom stereocenters. The number of hydrogen-bond acceptors (Lipinski definition) is 5. The Bertz CT molecular complexity index is 363. The summed E-state index contributed by atoms with van der Waals surface area (Å²) in [6.45, 7) is 0.784. The third kappa shape index (κ3) is 1.83. The number of nitrogens with two attached hydrogens (primary N) is 2. The molecule has 4 N–H and O–H groups in total. The van der Waals surface area contributed by atoms with Crippen LogP contribution in [0.15, 0.2) is 12.1 Å². The number of anilines is 2. The van der Waals surface area contributed by atoms with E-state index in [2.05, 4.69) is 10.2 Å². The molecule has 0 radical (unpaired) electrons. The first-order valence-electron chi connectivity index (χ1n) is 4.83. The fourth-order valence-electron chi connectivity index (χ4n) is 1.83. The molecule has 15 heavy (non-hydrogen) atoms. The van der Waals surface area contributed by atoms with Crippen LogP contribution in [0.1, 0.15) is 12.8 Å². The number of hydrogen-bond donors (Lipinski definition) is 2. The molecule has 2 heterocycles. The molecular weight excluding hydrogens is 194 g/mol. The van der Waals surface area contributed by atoms with Gasteiger partial charge in [0.25, 0.3) is 0 Å². The topological polar surface area (TPSA) is 98.1 Å². The summed E-state index contributed by atoms with van der Waals surface area (Å²) >= 11 is 0. The molecule has 0 saturated carbocycles. The second kappa shape index (κ2) is 3.72. The van der Waals surface area contributed by atoms with Gasteiger partial charge in [0, 0.05) is 6.54 Å². The maximum atomic E-state index is 11.2. The average Bonchev–Trinajstić information content (AvgIpc) is 2.67. The first-order chi connectivity index (χ1) is 7.18. The zero-order valence-corrected chi connectivity index (χ0v) is 8.26. The van der Waals surface area contributed by atoms with Crippen LogP contribution in [-0.4, -0.2) is 28.7 Å². The second-order valence-corrected chi connectivity index (χ2v) is 3.57. The first-order valence-corrected chi connectivity index (χ1v) is 4.83. The summed E-state index contributed by atoms with van der Waals surface area (Å²) in [6, 6.07) is 3.16. The highest BCUT2D eigenvalue weighted by Crippen LogP contribution is 2.23. The number of nitrogen functional groups attached to an aromatic ring is 1. The van der Waals surface area contributed by atoms with Crippen molar-refractivity contribution in [1.82, 2.24) is 10.2 Å². The Morgan fingerprint density at radius 1 is 1.47 bits per heavy atom. The second-order valence-electron chi connectivity index (χ2n) is 3.57. The van der Waals surface area contributed by atoms with Gasteiger partial charge in [-0.25, -0.2) is 0 Å². The molecule has 80 valence electrons. The molecular formula is C9H13N5O. The SMILES string of the molecule is NC(=O)C1CCCN1c1ccc(N)nn1. The molecule has 0 aliphatic carbocycles. The van der Waals surface area contributed by atoms with Crippen LogP contribution in [0, 0.1) is 0 Å². The Morgan fingerprint density at radius 2 is 2.27 bits per heavy atom. The molecule has 0 spiro atoms. The molecule has 1 aromatic rings. The lowest BCUT2D eigenvalue weighted by molar-refractivity contribution is -0.119. The van der Waals surface area contributed by atoms with Crippen LogP contribution in [0.4, 0.5) is 11.6 Å². The fraction of sp³-hybridized carbons (Fsp3) is 0.444. The van der Waals surface area contributed by atoms with Crippen molar-refractivity contribution in [2.75, 3.05) is 17.2 Å². The molecule has 0 aromatic carbocycles. The summed E-state index contributed by atoms with van der Waals surface area (Å²) < 4.78 is 0. The quantitative estimate of drug-likeness (QED) is 0.682. The normalized spacial score (nSPS) is 20.5. The highest BCUT2D eigenvalue weighted by Gasteiger charge is 2.29. The Hall–Kier alpha value is -1.85. The largest absolute Gasteiger partial charge is 0.382 e. The molecule has 1 fully saturated rings. The summed E-state index contributed by atoms with van der Waals surface area (Å²) in [6.07, 6.45) is 1.72. The van der Waals surface area contributed by atoms with Crippen molar-refractivity contribution in [1.29, 1.82) is 0 Å². The molecule has 6 nitrogen and oxygen atoms in total. The third-order valence-corrected chi connectivity index (χ3v) is 2.55. The minimum atomic E-state index is -0.314. The average molecular weight is 207 g/mol. The van der Waals surface area contributed by atoms with Crippen molar-refractivity contribution in [3.63, 3.8) is 0 Å². The van der Waals surface area contributed by atoms with E-state index in [4.69, 9.17) is 11.5 Å². The summed E-state index contributed by atoms with van der Waals surface area (Å²) in [7, 11) is 0. The van der Waals surface area contributed by atoms with Gasteiger partial charge in [-0.1, -0.05) is 0 Å². The van der Waals surface area contributed by atoms with Crippen molar-refractivity contribution in [2.24, 2.45) is 5.73 Å². The van der Waals surface area contributed by atoms with Crippen molar-refractivity contribution < 1.29 is 4.79 Å². The molecule has 1 saturated heterocycles. The zero-order valence-electron chi connectivity index (χ0n) is 8.26. The minimum absolute atomic E-state index is 0.261. The number of nitrogens with zero attached hydrogens (tertiary/aromatic N) is 3. The molecule has 1 amide bonds. The van der Waals surface area contributed by atoms with Crippen molar-refractivity contribution >= 4 is 17.5 Å². The predicted octanol–water partition coefficient (Wildman–Crippen LogP) is -0.487. The Balaban J connectivity index is 2.22. The van der Waals surface area contributed by atoms with E-state index in [1.54, 1.807) is 12.1 Å². The molecule has 0 bridgehead atoms. The number of amides is 1. The highest BCUT2D eigenvalue weighted by atomic mass is 16.1. The Labute approximate surface area is 87.3 Å². The van der Waals surface area contributed by atoms with Gasteiger partial charge in [0.15, 0.2) is 5.82 Å². The number of carbonyl (C=O) groups is 1. The van der Waals surface area contributed by atoms with E-state index in [0.29, 0.717) is 11.6 Å². The number of rotatable bonds is 2.